The molecule has 2 N–H and O–H groups in total. The van der Waals surface area contributed by atoms with Crippen molar-refractivity contribution in [2.75, 3.05) is 24.8 Å². The van der Waals surface area contributed by atoms with Gasteiger partial charge in [0.2, 0.25) is 5.79 Å². The molecule has 0 atom stereocenters. The minimum absolute atomic E-state index is 0.289. The second-order valence-corrected chi connectivity index (χ2v) is 3.47. The number of anilines is 1. The SMILES string of the molecule is Nc1ccc(C2(CCl)OCCO2)cc1. The summed E-state index contributed by atoms with van der Waals surface area (Å²) in [5.74, 6) is -0.480. The maximum atomic E-state index is 5.86. The Morgan fingerprint density at radius 1 is 1.21 bits per heavy atom. The first-order valence-electron chi connectivity index (χ1n) is 4.47. The molecule has 1 heterocycles. The Bertz CT molecular complexity index is 306. The van der Waals surface area contributed by atoms with Crippen LogP contribution in [0.1, 0.15) is 5.56 Å². The number of nitrogens with two attached hydrogens (primary N) is 1. The van der Waals surface area contributed by atoms with E-state index in [0.29, 0.717) is 13.2 Å². The van der Waals surface area contributed by atoms with Crippen LogP contribution < -0.4 is 5.73 Å². The molecule has 1 aromatic carbocycles. The Balaban J connectivity index is 2.31. The van der Waals surface area contributed by atoms with Gasteiger partial charge in [-0.3, -0.25) is 0 Å². The van der Waals surface area contributed by atoms with E-state index in [1.807, 2.05) is 24.3 Å². The molecule has 1 aromatic rings. The third kappa shape index (κ3) is 1.59. The van der Waals surface area contributed by atoms with Gasteiger partial charge in [-0.25, -0.2) is 0 Å². The number of nitrogen functional groups attached to an aromatic ring is 1. The summed E-state index contributed by atoms with van der Waals surface area (Å²) in [5.41, 5.74) is 7.23. The van der Waals surface area contributed by atoms with Gasteiger partial charge in [-0.05, 0) is 12.1 Å². The lowest BCUT2D eigenvalue weighted by Crippen LogP contribution is -2.29. The highest BCUT2D eigenvalue weighted by molar-refractivity contribution is 6.18. The fourth-order valence-electron chi connectivity index (χ4n) is 1.51. The fraction of sp³-hybridized carbons (Fsp3) is 0.400. The number of ether oxygens (including phenoxy) is 2. The van der Waals surface area contributed by atoms with E-state index in [1.54, 1.807) is 0 Å². The average Bonchev–Trinajstić information content (AvgIpc) is 2.68. The van der Waals surface area contributed by atoms with Gasteiger partial charge in [0.05, 0.1) is 19.1 Å². The molecule has 1 saturated heterocycles. The van der Waals surface area contributed by atoms with Crippen LogP contribution in [0.25, 0.3) is 0 Å². The van der Waals surface area contributed by atoms with Crippen LogP contribution in [0, 0.1) is 0 Å². The molecular formula is C10H12ClNO2. The predicted molar refractivity (Wildman–Crippen MR) is 55.2 cm³/mol. The molecule has 1 aliphatic rings. The molecule has 0 amide bonds. The van der Waals surface area contributed by atoms with E-state index in [-0.39, 0.29) is 5.88 Å². The van der Waals surface area contributed by atoms with Crippen molar-refractivity contribution in [3.05, 3.63) is 29.8 Å². The van der Waals surface area contributed by atoms with Gasteiger partial charge in [-0.1, -0.05) is 12.1 Å². The van der Waals surface area contributed by atoms with E-state index in [9.17, 15) is 0 Å². The van der Waals surface area contributed by atoms with Gasteiger partial charge in [-0.15, -0.1) is 11.6 Å². The summed E-state index contributed by atoms with van der Waals surface area (Å²) >= 11 is 5.86. The molecule has 0 radical (unpaired) electrons. The molecule has 0 aliphatic carbocycles. The molecule has 76 valence electrons. The van der Waals surface area contributed by atoms with E-state index in [4.69, 9.17) is 26.8 Å². The smallest absolute Gasteiger partial charge is 0.208 e. The lowest BCUT2D eigenvalue weighted by molar-refractivity contribution is -0.146. The Morgan fingerprint density at radius 3 is 2.29 bits per heavy atom. The summed E-state index contributed by atoms with van der Waals surface area (Å²) in [4.78, 5) is 0. The Hall–Kier alpha value is -0.770. The van der Waals surface area contributed by atoms with Crippen LogP contribution in [0.15, 0.2) is 24.3 Å². The van der Waals surface area contributed by atoms with E-state index in [1.165, 1.54) is 0 Å². The molecule has 0 unspecified atom stereocenters. The van der Waals surface area contributed by atoms with Crippen molar-refractivity contribution in [1.82, 2.24) is 0 Å². The van der Waals surface area contributed by atoms with Crippen LogP contribution in [0.5, 0.6) is 0 Å². The zero-order chi connectivity index (χ0) is 10.0. The van der Waals surface area contributed by atoms with Crippen molar-refractivity contribution < 1.29 is 9.47 Å². The molecule has 0 spiro atoms. The van der Waals surface area contributed by atoms with Crippen LogP contribution in [-0.2, 0) is 15.3 Å². The topological polar surface area (TPSA) is 44.5 Å². The maximum Gasteiger partial charge on any atom is 0.208 e. The Morgan fingerprint density at radius 2 is 1.79 bits per heavy atom. The lowest BCUT2D eigenvalue weighted by atomic mass is 10.1. The summed E-state index contributed by atoms with van der Waals surface area (Å²) in [6.07, 6.45) is 0. The third-order valence-electron chi connectivity index (χ3n) is 2.28. The first-order chi connectivity index (χ1) is 6.77. The highest BCUT2D eigenvalue weighted by Gasteiger charge is 2.37. The van der Waals surface area contributed by atoms with Gasteiger partial charge in [0.15, 0.2) is 0 Å². The molecule has 0 saturated carbocycles. The fourth-order valence-corrected chi connectivity index (χ4v) is 1.82. The van der Waals surface area contributed by atoms with E-state index < -0.39 is 5.79 Å². The molecular weight excluding hydrogens is 202 g/mol. The maximum absolute atomic E-state index is 5.86. The second kappa shape index (κ2) is 3.77. The zero-order valence-electron chi connectivity index (χ0n) is 7.70. The number of hydrogen-bond donors (Lipinski definition) is 1. The zero-order valence-corrected chi connectivity index (χ0v) is 8.46. The molecule has 1 fully saturated rings. The molecule has 0 aromatic heterocycles. The van der Waals surface area contributed by atoms with Gasteiger partial charge < -0.3 is 15.2 Å². The molecule has 2 rings (SSSR count). The monoisotopic (exact) mass is 213 g/mol. The van der Waals surface area contributed by atoms with Crippen molar-refractivity contribution in [1.29, 1.82) is 0 Å². The number of halogens is 1. The van der Waals surface area contributed by atoms with Gasteiger partial charge in [0.25, 0.3) is 0 Å². The molecule has 4 heteroatoms. The van der Waals surface area contributed by atoms with Crippen molar-refractivity contribution >= 4 is 17.3 Å². The minimum Gasteiger partial charge on any atom is -0.399 e. The highest BCUT2D eigenvalue weighted by atomic mass is 35.5. The summed E-state index contributed by atoms with van der Waals surface area (Å²) in [6.45, 7) is 1.16. The lowest BCUT2D eigenvalue weighted by Gasteiger charge is -2.25. The van der Waals surface area contributed by atoms with Crippen molar-refractivity contribution in [2.45, 2.75) is 5.79 Å². The highest BCUT2D eigenvalue weighted by Crippen LogP contribution is 2.32. The standard InChI is InChI=1S/C10H12ClNO2/c11-7-10(13-5-6-14-10)8-1-3-9(12)4-2-8/h1-4H,5-7,12H2. The molecule has 3 nitrogen and oxygen atoms in total. The third-order valence-corrected chi connectivity index (χ3v) is 2.63. The summed E-state index contributed by atoms with van der Waals surface area (Å²) in [6, 6.07) is 7.38. The van der Waals surface area contributed by atoms with Crippen molar-refractivity contribution in [3.8, 4) is 0 Å². The molecule has 14 heavy (non-hydrogen) atoms. The Kier molecular flexibility index (Phi) is 2.63. The van der Waals surface area contributed by atoms with E-state index in [2.05, 4.69) is 0 Å². The number of benzene rings is 1. The van der Waals surface area contributed by atoms with Gasteiger partial charge in [0, 0.05) is 11.3 Å². The first kappa shape index (κ1) is 9.77. The van der Waals surface area contributed by atoms with Gasteiger partial charge in [-0.2, -0.15) is 0 Å². The number of rotatable bonds is 2. The van der Waals surface area contributed by atoms with E-state index in [0.717, 1.165) is 11.3 Å². The Labute approximate surface area is 87.8 Å². The quantitative estimate of drug-likeness (QED) is 0.601. The van der Waals surface area contributed by atoms with Gasteiger partial charge in [0.1, 0.15) is 0 Å². The summed E-state index contributed by atoms with van der Waals surface area (Å²) in [5, 5.41) is 0. The predicted octanol–water partition coefficient (Wildman–Crippen LogP) is 1.71. The minimum atomic E-state index is -0.769. The largest absolute Gasteiger partial charge is 0.399 e. The van der Waals surface area contributed by atoms with Crippen LogP contribution in [0.4, 0.5) is 5.69 Å². The summed E-state index contributed by atoms with van der Waals surface area (Å²) in [7, 11) is 0. The molecule has 1 aliphatic heterocycles. The normalized spacial score (nSPS) is 19.8. The number of hydrogen-bond acceptors (Lipinski definition) is 3. The van der Waals surface area contributed by atoms with Crippen LogP contribution in [0.3, 0.4) is 0 Å². The van der Waals surface area contributed by atoms with Crippen LogP contribution in [-0.4, -0.2) is 19.1 Å². The van der Waals surface area contributed by atoms with Crippen LogP contribution >= 0.6 is 11.6 Å². The average molecular weight is 214 g/mol. The van der Waals surface area contributed by atoms with E-state index >= 15 is 0 Å². The number of alkyl halides is 1. The van der Waals surface area contributed by atoms with Crippen molar-refractivity contribution in [3.63, 3.8) is 0 Å². The van der Waals surface area contributed by atoms with Crippen LogP contribution in [0.2, 0.25) is 0 Å². The second-order valence-electron chi connectivity index (χ2n) is 3.21. The summed E-state index contributed by atoms with van der Waals surface area (Å²) < 4.78 is 11.0. The van der Waals surface area contributed by atoms with Crippen molar-refractivity contribution in [2.24, 2.45) is 0 Å². The first-order valence-corrected chi connectivity index (χ1v) is 5.00. The molecule has 0 bridgehead atoms. The van der Waals surface area contributed by atoms with Gasteiger partial charge >= 0.3 is 0 Å².